The van der Waals surface area contributed by atoms with Crippen LogP contribution >= 0.6 is 27.3 Å². The minimum Gasteiger partial charge on any atom is -0.336 e. The molecule has 82 valence electrons. The predicted octanol–water partition coefficient (Wildman–Crippen LogP) is 1.99. The third-order valence-electron chi connectivity index (χ3n) is 2.58. The molecule has 15 heavy (non-hydrogen) atoms. The molecule has 1 fully saturated rings. The van der Waals surface area contributed by atoms with Crippen molar-refractivity contribution in [3.05, 3.63) is 20.3 Å². The molecule has 1 aliphatic heterocycles. The van der Waals surface area contributed by atoms with Crippen molar-refractivity contribution in [3.63, 3.8) is 0 Å². The molecule has 1 saturated heterocycles. The Morgan fingerprint density at radius 3 is 2.93 bits per heavy atom. The third-order valence-corrected chi connectivity index (χ3v) is 4.70. The summed E-state index contributed by atoms with van der Waals surface area (Å²) < 4.78 is 1.04. The van der Waals surface area contributed by atoms with Crippen molar-refractivity contribution in [3.8, 4) is 0 Å². The highest BCUT2D eigenvalue weighted by molar-refractivity contribution is 9.11. The van der Waals surface area contributed by atoms with Gasteiger partial charge < -0.3 is 10.6 Å². The smallest absolute Gasteiger partial charge is 0.264 e. The lowest BCUT2D eigenvalue weighted by Gasteiger charge is -2.13. The van der Waals surface area contributed by atoms with Gasteiger partial charge in [0, 0.05) is 19.1 Å². The van der Waals surface area contributed by atoms with Gasteiger partial charge in [-0.3, -0.25) is 4.79 Å². The molecule has 2 N–H and O–H groups in total. The quantitative estimate of drug-likeness (QED) is 0.859. The number of nitrogens with two attached hydrogens (primary N) is 1. The Balaban J connectivity index is 2.14. The van der Waals surface area contributed by atoms with Crippen LogP contribution in [0.15, 0.2) is 9.85 Å². The van der Waals surface area contributed by atoms with Crippen LogP contribution in [0.2, 0.25) is 0 Å². The number of rotatable bonds is 1. The van der Waals surface area contributed by atoms with Gasteiger partial charge in [-0.25, -0.2) is 0 Å². The Bertz CT molecular complexity index is 371. The van der Waals surface area contributed by atoms with Crippen molar-refractivity contribution in [2.75, 3.05) is 13.1 Å². The van der Waals surface area contributed by atoms with Crippen molar-refractivity contribution < 1.29 is 4.79 Å². The molecule has 5 heteroatoms. The number of aryl methyl sites for hydroxylation is 1. The molecule has 1 amide bonds. The number of carbonyl (C=O) groups excluding carboxylic acids is 1. The highest BCUT2D eigenvalue weighted by Gasteiger charge is 2.25. The summed E-state index contributed by atoms with van der Waals surface area (Å²) in [6.07, 6.45) is 0.914. The molecule has 1 atom stereocenters. The topological polar surface area (TPSA) is 46.3 Å². The number of thiophene rings is 1. The highest BCUT2D eigenvalue weighted by atomic mass is 79.9. The molecule has 2 rings (SSSR count). The van der Waals surface area contributed by atoms with Gasteiger partial charge in [0.25, 0.3) is 5.91 Å². The molecule has 0 radical (unpaired) electrons. The Kier molecular flexibility index (Phi) is 3.13. The van der Waals surface area contributed by atoms with E-state index in [4.69, 9.17) is 5.73 Å². The van der Waals surface area contributed by atoms with Crippen molar-refractivity contribution in [2.45, 2.75) is 19.4 Å². The average molecular weight is 289 g/mol. The Morgan fingerprint density at radius 1 is 1.73 bits per heavy atom. The molecule has 0 spiro atoms. The van der Waals surface area contributed by atoms with E-state index in [2.05, 4.69) is 15.9 Å². The molecule has 2 heterocycles. The predicted molar refractivity (Wildman–Crippen MR) is 65.3 cm³/mol. The number of carbonyl (C=O) groups is 1. The number of likely N-dealkylation sites (tertiary alicyclic amines) is 1. The van der Waals surface area contributed by atoms with E-state index in [1.807, 2.05) is 17.9 Å². The molecule has 0 unspecified atom stereocenters. The first-order chi connectivity index (χ1) is 7.08. The monoisotopic (exact) mass is 288 g/mol. The van der Waals surface area contributed by atoms with Crippen LogP contribution in [0.4, 0.5) is 0 Å². The standard InChI is InChI=1S/C10H13BrN2OS/c1-6-4-8(15-9(6)11)10(14)13-3-2-7(12)5-13/h4,7H,2-3,5,12H2,1H3/t7-/m1/s1. The van der Waals surface area contributed by atoms with E-state index >= 15 is 0 Å². The maximum Gasteiger partial charge on any atom is 0.264 e. The molecule has 1 aliphatic rings. The van der Waals surface area contributed by atoms with Gasteiger partial charge >= 0.3 is 0 Å². The van der Waals surface area contributed by atoms with Gasteiger partial charge in [-0.2, -0.15) is 0 Å². The summed E-state index contributed by atoms with van der Waals surface area (Å²) in [6.45, 7) is 3.47. The minimum absolute atomic E-state index is 0.113. The van der Waals surface area contributed by atoms with Gasteiger partial charge in [0.1, 0.15) is 0 Å². The summed E-state index contributed by atoms with van der Waals surface area (Å²) in [7, 11) is 0. The Labute approximate surface area is 101 Å². The summed E-state index contributed by atoms with van der Waals surface area (Å²) >= 11 is 4.92. The van der Waals surface area contributed by atoms with Crippen LogP contribution in [-0.4, -0.2) is 29.9 Å². The normalized spacial score (nSPS) is 21.0. The number of nitrogens with zero attached hydrogens (tertiary/aromatic N) is 1. The second-order valence-corrected chi connectivity index (χ2v) is 6.24. The van der Waals surface area contributed by atoms with Crippen molar-refractivity contribution in [1.82, 2.24) is 4.90 Å². The van der Waals surface area contributed by atoms with Crippen LogP contribution in [0, 0.1) is 6.92 Å². The number of hydrogen-bond donors (Lipinski definition) is 1. The second-order valence-electron chi connectivity index (χ2n) is 3.87. The Hall–Kier alpha value is -0.390. The van der Waals surface area contributed by atoms with Crippen LogP contribution < -0.4 is 5.73 Å². The summed E-state index contributed by atoms with van der Waals surface area (Å²) in [6, 6.07) is 2.08. The van der Waals surface area contributed by atoms with E-state index in [0.717, 1.165) is 27.2 Å². The Morgan fingerprint density at radius 2 is 2.47 bits per heavy atom. The third kappa shape index (κ3) is 2.24. The van der Waals surface area contributed by atoms with E-state index in [0.29, 0.717) is 6.54 Å². The average Bonchev–Trinajstić information content (AvgIpc) is 2.74. The van der Waals surface area contributed by atoms with E-state index in [9.17, 15) is 4.79 Å². The fourth-order valence-electron chi connectivity index (χ4n) is 1.69. The van der Waals surface area contributed by atoms with Crippen molar-refractivity contribution in [1.29, 1.82) is 0 Å². The van der Waals surface area contributed by atoms with Crippen LogP contribution in [0.5, 0.6) is 0 Å². The molecule has 0 aliphatic carbocycles. The highest BCUT2D eigenvalue weighted by Crippen LogP contribution is 2.28. The van der Waals surface area contributed by atoms with Gasteiger partial charge in [0.15, 0.2) is 0 Å². The first-order valence-electron chi connectivity index (χ1n) is 4.88. The zero-order chi connectivity index (χ0) is 11.0. The number of hydrogen-bond acceptors (Lipinski definition) is 3. The molecule has 0 saturated carbocycles. The maximum atomic E-state index is 12.0. The fraction of sp³-hybridized carbons (Fsp3) is 0.500. The van der Waals surface area contributed by atoms with Gasteiger partial charge in [0.2, 0.25) is 0 Å². The molecule has 0 aromatic carbocycles. The summed E-state index contributed by atoms with van der Waals surface area (Å²) in [5.41, 5.74) is 6.89. The summed E-state index contributed by atoms with van der Waals surface area (Å²) in [5, 5.41) is 0. The van der Waals surface area contributed by atoms with E-state index < -0.39 is 0 Å². The van der Waals surface area contributed by atoms with E-state index in [1.165, 1.54) is 11.3 Å². The van der Waals surface area contributed by atoms with Crippen LogP contribution in [0.25, 0.3) is 0 Å². The lowest BCUT2D eigenvalue weighted by atomic mass is 10.3. The van der Waals surface area contributed by atoms with Crippen LogP contribution in [0.3, 0.4) is 0 Å². The van der Waals surface area contributed by atoms with Crippen LogP contribution in [-0.2, 0) is 0 Å². The molecule has 0 bridgehead atoms. The van der Waals surface area contributed by atoms with Gasteiger partial charge in [-0.05, 0) is 40.9 Å². The zero-order valence-corrected chi connectivity index (χ0v) is 10.9. The maximum absolute atomic E-state index is 12.0. The number of amides is 1. The molecule has 1 aromatic rings. The molecular formula is C10H13BrN2OS. The van der Waals surface area contributed by atoms with Crippen LogP contribution in [0.1, 0.15) is 21.7 Å². The van der Waals surface area contributed by atoms with Gasteiger partial charge in [0.05, 0.1) is 8.66 Å². The molecule has 1 aromatic heterocycles. The van der Waals surface area contributed by atoms with Gasteiger partial charge in [-0.1, -0.05) is 0 Å². The zero-order valence-electron chi connectivity index (χ0n) is 8.50. The summed E-state index contributed by atoms with van der Waals surface area (Å²) in [4.78, 5) is 14.7. The lowest BCUT2D eigenvalue weighted by Crippen LogP contribution is -2.31. The first-order valence-corrected chi connectivity index (χ1v) is 6.49. The van der Waals surface area contributed by atoms with E-state index in [-0.39, 0.29) is 11.9 Å². The largest absolute Gasteiger partial charge is 0.336 e. The molecular weight excluding hydrogens is 276 g/mol. The summed E-state index contributed by atoms with van der Waals surface area (Å²) in [5.74, 6) is 0.113. The second kappa shape index (κ2) is 4.23. The minimum atomic E-state index is 0.113. The molecule has 3 nitrogen and oxygen atoms in total. The van der Waals surface area contributed by atoms with Gasteiger partial charge in [-0.15, -0.1) is 11.3 Å². The number of halogens is 1. The first kappa shape index (κ1) is 11.1. The van der Waals surface area contributed by atoms with Crippen molar-refractivity contribution in [2.24, 2.45) is 5.73 Å². The fourth-order valence-corrected chi connectivity index (χ4v) is 3.20. The van der Waals surface area contributed by atoms with Crippen molar-refractivity contribution >= 4 is 33.2 Å². The van der Waals surface area contributed by atoms with E-state index in [1.54, 1.807) is 0 Å². The SMILES string of the molecule is Cc1cc(C(=O)N2CC[C@@H](N)C2)sc1Br. The lowest BCUT2D eigenvalue weighted by molar-refractivity contribution is 0.0795.